The van der Waals surface area contributed by atoms with Crippen molar-refractivity contribution >= 4 is 18.2 Å². The Morgan fingerprint density at radius 1 is 1.68 bits per heavy atom. The zero-order valence-electron chi connectivity index (χ0n) is 14.7. The molecule has 2 atom stereocenters. The van der Waals surface area contributed by atoms with E-state index in [-0.39, 0.29) is 11.3 Å². The SMILES string of the molecule is C=Cc1ncn(CC2(CC#N)CCCC(CNC(=O)O)C2)c1/C=C\C. The van der Waals surface area contributed by atoms with E-state index in [2.05, 4.69) is 27.5 Å². The summed E-state index contributed by atoms with van der Waals surface area (Å²) in [6.07, 6.45) is 10.8. The van der Waals surface area contributed by atoms with Crippen molar-refractivity contribution in [3.8, 4) is 6.07 Å². The first-order valence-electron chi connectivity index (χ1n) is 8.67. The number of hydrogen-bond donors (Lipinski definition) is 2. The van der Waals surface area contributed by atoms with Gasteiger partial charge in [0.25, 0.3) is 0 Å². The predicted molar refractivity (Wildman–Crippen MR) is 97.7 cm³/mol. The van der Waals surface area contributed by atoms with E-state index in [0.717, 1.165) is 37.1 Å². The summed E-state index contributed by atoms with van der Waals surface area (Å²) in [6, 6.07) is 2.35. The van der Waals surface area contributed by atoms with Crippen LogP contribution in [0.1, 0.15) is 50.4 Å². The van der Waals surface area contributed by atoms with Crippen molar-refractivity contribution in [2.75, 3.05) is 6.54 Å². The third-order valence-corrected chi connectivity index (χ3v) is 4.97. The molecule has 6 heteroatoms. The van der Waals surface area contributed by atoms with Crippen LogP contribution in [0.2, 0.25) is 0 Å². The minimum Gasteiger partial charge on any atom is -0.465 e. The molecule has 0 bridgehead atoms. The summed E-state index contributed by atoms with van der Waals surface area (Å²) in [6.45, 7) is 6.94. The van der Waals surface area contributed by atoms with Gasteiger partial charge in [0, 0.05) is 24.9 Å². The van der Waals surface area contributed by atoms with Gasteiger partial charge >= 0.3 is 6.09 Å². The lowest BCUT2D eigenvalue weighted by molar-refractivity contribution is 0.115. The number of rotatable bonds is 7. The van der Waals surface area contributed by atoms with Gasteiger partial charge in [-0.2, -0.15) is 5.26 Å². The summed E-state index contributed by atoms with van der Waals surface area (Å²) < 4.78 is 2.10. The monoisotopic (exact) mass is 342 g/mol. The fraction of sp³-hybridized carbons (Fsp3) is 0.526. The van der Waals surface area contributed by atoms with E-state index in [1.807, 2.05) is 25.4 Å². The van der Waals surface area contributed by atoms with Crippen LogP contribution in [0, 0.1) is 22.7 Å². The van der Waals surface area contributed by atoms with Crippen molar-refractivity contribution in [3.63, 3.8) is 0 Å². The molecule has 1 amide bonds. The summed E-state index contributed by atoms with van der Waals surface area (Å²) in [5.74, 6) is 0.269. The third kappa shape index (κ3) is 4.72. The van der Waals surface area contributed by atoms with Crippen LogP contribution in [0.15, 0.2) is 19.0 Å². The Morgan fingerprint density at radius 3 is 3.12 bits per heavy atom. The van der Waals surface area contributed by atoms with Crippen LogP contribution >= 0.6 is 0 Å². The summed E-state index contributed by atoms with van der Waals surface area (Å²) in [4.78, 5) is 15.2. The fourth-order valence-electron chi connectivity index (χ4n) is 3.91. The van der Waals surface area contributed by atoms with E-state index >= 15 is 0 Å². The molecule has 1 aromatic rings. The van der Waals surface area contributed by atoms with E-state index in [4.69, 9.17) is 5.11 Å². The van der Waals surface area contributed by atoms with E-state index in [0.29, 0.717) is 19.5 Å². The normalized spacial score (nSPS) is 23.3. The van der Waals surface area contributed by atoms with E-state index < -0.39 is 6.09 Å². The van der Waals surface area contributed by atoms with E-state index in [9.17, 15) is 10.1 Å². The summed E-state index contributed by atoms with van der Waals surface area (Å²) in [5, 5.41) is 20.7. The van der Waals surface area contributed by atoms with Gasteiger partial charge in [-0.05, 0) is 44.3 Å². The molecular weight excluding hydrogens is 316 g/mol. The molecule has 25 heavy (non-hydrogen) atoms. The Labute approximate surface area is 148 Å². The van der Waals surface area contributed by atoms with Gasteiger partial charge in [-0.1, -0.05) is 19.1 Å². The Hall–Kier alpha value is -2.55. The maximum Gasteiger partial charge on any atom is 0.404 e. The molecule has 6 nitrogen and oxygen atoms in total. The molecule has 134 valence electrons. The molecule has 0 aromatic carbocycles. The highest BCUT2D eigenvalue weighted by Gasteiger charge is 2.37. The molecule has 0 spiro atoms. The first kappa shape index (κ1) is 18.8. The Balaban J connectivity index is 2.22. The molecule has 0 aliphatic heterocycles. The smallest absolute Gasteiger partial charge is 0.404 e. The zero-order chi connectivity index (χ0) is 18.3. The highest BCUT2D eigenvalue weighted by Crippen LogP contribution is 2.43. The highest BCUT2D eigenvalue weighted by atomic mass is 16.4. The van der Waals surface area contributed by atoms with Crippen LogP contribution in [0.5, 0.6) is 0 Å². The van der Waals surface area contributed by atoms with Crippen LogP contribution in [0.4, 0.5) is 4.79 Å². The zero-order valence-corrected chi connectivity index (χ0v) is 14.7. The maximum atomic E-state index is 10.8. The van der Waals surface area contributed by atoms with Crippen LogP contribution < -0.4 is 5.32 Å². The average Bonchev–Trinajstić information content (AvgIpc) is 2.95. The van der Waals surface area contributed by atoms with Crippen molar-refractivity contribution in [1.29, 1.82) is 5.26 Å². The van der Waals surface area contributed by atoms with E-state index in [1.165, 1.54) is 0 Å². The Kier molecular flexibility index (Phi) is 6.40. The van der Waals surface area contributed by atoms with Gasteiger partial charge in [-0.3, -0.25) is 0 Å². The van der Waals surface area contributed by atoms with Crippen molar-refractivity contribution in [3.05, 3.63) is 30.4 Å². The van der Waals surface area contributed by atoms with Crippen LogP contribution in [0.25, 0.3) is 12.2 Å². The quantitative estimate of drug-likeness (QED) is 0.786. The number of carboxylic acid groups (broad SMARTS) is 1. The standard InChI is InChI=1S/C19H26N4O2/c1-3-6-17-16(4-2)22-14-23(17)13-19(9-10-20)8-5-7-15(11-19)12-21-18(24)25/h3-4,6,14-15,21H,2,5,7-9,11-13H2,1H3,(H,24,25)/b6-3-. The molecule has 2 unspecified atom stereocenters. The number of aromatic nitrogens is 2. The largest absolute Gasteiger partial charge is 0.465 e. The molecule has 1 saturated carbocycles. The summed E-state index contributed by atoms with van der Waals surface area (Å²) >= 11 is 0. The average molecular weight is 342 g/mol. The number of nitrogens with zero attached hydrogens (tertiary/aromatic N) is 3. The lowest BCUT2D eigenvalue weighted by Gasteiger charge is -2.40. The number of hydrogen-bond acceptors (Lipinski definition) is 3. The van der Waals surface area contributed by atoms with Crippen LogP contribution in [0.3, 0.4) is 0 Å². The first-order chi connectivity index (χ1) is 12.0. The molecular formula is C19H26N4O2. The molecule has 1 fully saturated rings. The fourth-order valence-corrected chi connectivity index (χ4v) is 3.91. The van der Waals surface area contributed by atoms with Gasteiger partial charge in [0.2, 0.25) is 0 Å². The number of nitrogens with one attached hydrogen (secondary N) is 1. The molecule has 1 aliphatic rings. The predicted octanol–water partition coefficient (Wildman–Crippen LogP) is 3.92. The van der Waals surface area contributed by atoms with Gasteiger partial charge in [0.05, 0.1) is 23.8 Å². The van der Waals surface area contributed by atoms with Crippen molar-refractivity contribution in [2.45, 2.75) is 45.6 Å². The van der Waals surface area contributed by atoms with E-state index in [1.54, 1.807) is 6.08 Å². The minimum absolute atomic E-state index is 0.146. The van der Waals surface area contributed by atoms with Crippen molar-refractivity contribution in [2.24, 2.45) is 11.3 Å². The van der Waals surface area contributed by atoms with Gasteiger partial charge in [0.15, 0.2) is 0 Å². The molecule has 2 N–H and O–H groups in total. The second kappa shape index (κ2) is 8.52. The molecule has 0 radical (unpaired) electrons. The number of imidazole rings is 1. The van der Waals surface area contributed by atoms with Gasteiger partial charge < -0.3 is 15.0 Å². The molecule has 1 aliphatic carbocycles. The van der Waals surface area contributed by atoms with Crippen molar-refractivity contribution in [1.82, 2.24) is 14.9 Å². The topological polar surface area (TPSA) is 90.9 Å². The third-order valence-electron chi connectivity index (χ3n) is 4.97. The number of carbonyl (C=O) groups is 1. The highest BCUT2D eigenvalue weighted by molar-refractivity contribution is 5.64. The van der Waals surface area contributed by atoms with Gasteiger partial charge in [0.1, 0.15) is 0 Å². The molecule has 0 saturated heterocycles. The Bertz CT molecular complexity index is 686. The van der Waals surface area contributed by atoms with Gasteiger partial charge in [-0.25, -0.2) is 9.78 Å². The number of allylic oxidation sites excluding steroid dienone is 1. The summed E-state index contributed by atoms with van der Waals surface area (Å²) in [7, 11) is 0. The molecule has 1 aromatic heterocycles. The second-order valence-corrected chi connectivity index (χ2v) is 6.83. The van der Waals surface area contributed by atoms with Crippen LogP contribution in [-0.4, -0.2) is 27.3 Å². The number of amides is 1. The van der Waals surface area contributed by atoms with Crippen LogP contribution in [-0.2, 0) is 6.54 Å². The Morgan fingerprint density at radius 2 is 2.48 bits per heavy atom. The number of nitriles is 1. The maximum absolute atomic E-state index is 10.8. The van der Waals surface area contributed by atoms with Gasteiger partial charge in [-0.15, -0.1) is 0 Å². The minimum atomic E-state index is -0.989. The lowest BCUT2D eigenvalue weighted by Crippen LogP contribution is -2.37. The molecule has 1 heterocycles. The molecule has 2 rings (SSSR count). The van der Waals surface area contributed by atoms with Crippen molar-refractivity contribution < 1.29 is 9.90 Å². The second-order valence-electron chi connectivity index (χ2n) is 6.83. The summed E-state index contributed by atoms with van der Waals surface area (Å²) in [5.41, 5.74) is 1.69. The lowest BCUT2D eigenvalue weighted by atomic mass is 9.67. The first-order valence-corrected chi connectivity index (χ1v) is 8.67.